The summed E-state index contributed by atoms with van der Waals surface area (Å²) < 4.78 is 21.2. The molecule has 0 saturated carbocycles. The summed E-state index contributed by atoms with van der Waals surface area (Å²) in [7, 11) is 0. The predicted molar refractivity (Wildman–Crippen MR) is 143 cm³/mol. The average Bonchev–Trinajstić information content (AvgIpc) is 3.48. The highest BCUT2D eigenvalue weighted by molar-refractivity contribution is 5.86. The van der Waals surface area contributed by atoms with Gasteiger partial charge in [0.25, 0.3) is 0 Å². The number of rotatable bonds is 12. The molecular weight excluding hydrogens is 524 g/mol. The second kappa shape index (κ2) is 14.5. The van der Waals surface area contributed by atoms with Crippen LogP contribution in [-0.4, -0.2) is 81.4 Å². The van der Waals surface area contributed by atoms with Crippen LogP contribution in [0.5, 0.6) is 0 Å². The second-order valence-corrected chi connectivity index (χ2v) is 11.4. The Labute approximate surface area is 235 Å². The van der Waals surface area contributed by atoms with Gasteiger partial charge in [0.15, 0.2) is 18.1 Å². The number of aliphatic hydroxyl groups is 3. The Balaban J connectivity index is 1.76. The molecule has 2 aliphatic rings. The van der Waals surface area contributed by atoms with Crippen LogP contribution in [0.3, 0.4) is 0 Å². The predicted octanol–water partition coefficient (Wildman–Crippen LogP) is 2.24. The molecule has 0 bridgehead atoms. The topological polar surface area (TPSA) is 172 Å². The molecule has 228 valence electrons. The highest BCUT2D eigenvalue weighted by atomic mass is 16.6. The van der Waals surface area contributed by atoms with Gasteiger partial charge in [0.1, 0.15) is 30.5 Å². The van der Waals surface area contributed by atoms with Gasteiger partial charge in [0.05, 0.1) is 12.1 Å². The molecule has 40 heavy (non-hydrogen) atoms. The van der Waals surface area contributed by atoms with E-state index in [1.165, 1.54) is 11.8 Å². The van der Waals surface area contributed by atoms with Gasteiger partial charge in [-0.2, -0.15) is 0 Å². The SMILES string of the molecule is CCCCC[C@@H]1C[C@@H](C(=O)N[C@H](C(C)C)[C@H]2O[C@H](CCC)[C@H](O)[C@@H](O)[C@H]2O)N(C(=O)OCc2oc(=O)oc2C)C1. The molecule has 8 atom stereocenters. The maximum Gasteiger partial charge on any atom is 0.519 e. The summed E-state index contributed by atoms with van der Waals surface area (Å²) in [5.41, 5.74) is 0. The number of hydrogen-bond donors (Lipinski definition) is 4. The highest BCUT2D eigenvalue weighted by Gasteiger charge is 2.48. The van der Waals surface area contributed by atoms with Gasteiger partial charge in [0.2, 0.25) is 5.91 Å². The van der Waals surface area contributed by atoms with Crippen LogP contribution in [0, 0.1) is 18.8 Å². The lowest BCUT2D eigenvalue weighted by Crippen LogP contribution is -2.65. The van der Waals surface area contributed by atoms with Gasteiger partial charge < -0.3 is 38.9 Å². The van der Waals surface area contributed by atoms with E-state index in [2.05, 4.69) is 12.2 Å². The number of unbranched alkanes of at least 4 members (excludes halogenated alkanes) is 2. The maximum atomic E-state index is 13.7. The summed E-state index contributed by atoms with van der Waals surface area (Å²) in [6, 6.07) is -1.51. The third-order valence-electron chi connectivity index (χ3n) is 8.01. The Bertz CT molecular complexity index is 1020. The van der Waals surface area contributed by atoms with Crippen LogP contribution in [0.1, 0.15) is 84.2 Å². The van der Waals surface area contributed by atoms with Crippen LogP contribution >= 0.6 is 0 Å². The van der Waals surface area contributed by atoms with Crippen LogP contribution in [-0.2, 0) is 20.9 Å². The number of likely N-dealkylation sites (tertiary alicyclic amines) is 1. The molecule has 2 saturated heterocycles. The van der Waals surface area contributed by atoms with E-state index in [0.717, 1.165) is 25.7 Å². The van der Waals surface area contributed by atoms with Crippen molar-refractivity contribution in [1.82, 2.24) is 10.2 Å². The zero-order chi connectivity index (χ0) is 29.6. The van der Waals surface area contributed by atoms with Crippen LogP contribution in [0.25, 0.3) is 0 Å². The Morgan fingerprint density at radius 2 is 1.77 bits per heavy atom. The number of carbonyl (C=O) groups excluding carboxylic acids is 2. The van der Waals surface area contributed by atoms with E-state index in [1.54, 1.807) is 0 Å². The molecule has 0 aliphatic carbocycles. The number of aryl methyl sites for hydroxylation is 1. The van der Waals surface area contributed by atoms with Crippen molar-refractivity contribution >= 4 is 12.0 Å². The van der Waals surface area contributed by atoms with Crippen molar-refractivity contribution in [2.75, 3.05) is 6.54 Å². The number of ether oxygens (including phenoxy) is 2. The van der Waals surface area contributed by atoms with E-state index in [0.29, 0.717) is 25.8 Å². The molecule has 0 radical (unpaired) electrons. The van der Waals surface area contributed by atoms with E-state index in [-0.39, 0.29) is 30.0 Å². The molecular formula is C28H46N2O10. The van der Waals surface area contributed by atoms with Gasteiger partial charge in [0, 0.05) is 6.54 Å². The first-order valence-electron chi connectivity index (χ1n) is 14.5. The molecule has 3 rings (SSSR count). The van der Waals surface area contributed by atoms with E-state index in [9.17, 15) is 29.7 Å². The molecule has 0 aromatic carbocycles. The minimum absolute atomic E-state index is 0.100. The fraction of sp³-hybridized carbons (Fsp3) is 0.821. The lowest BCUT2D eigenvalue weighted by Gasteiger charge is -2.45. The van der Waals surface area contributed by atoms with Crippen molar-refractivity contribution in [2.24, 2.45) is 11.8 Å². The van der Waals surface area contributed by atoms with Gasteiger partial charge in [-0.3, -0.25) is 9.69 Å². The van der Waals surface area contributed by atoms with Crippen LogP contribution < -0.4 is 11.1 Å². The standard InChI is InChI=1S/C28H46N2O10/c1-6-8-9-11-17-12-18(30(13-17)27(35)37-14-20-16(5)38-28(36)40-20)26(34)29-21(15(3)4)25-24(33)23(32)22(31)19(39-25)10-7-2/h15,17-19,21-25,31-33H,6-14H2,1-5H3,(H,29,34)/t17-,18+,19-,21-,22+,23-,24-,25-/m1/s1. The summed E-state index contributed by atoms with van der Waals surface area (Å²) in [6.45, 7) is 9.32. The fourth-order valence-corrected chi connectivity index (χ4v) is 5.67. The van der Waals surface area contributed by atoms with Crippen LogP contribution in [0.2, 0.25) is 0 Å². The number of amides is 2. The Hall–Kier alpha value is -2.41. The summed E-state index contributed by atoms with van der Waals surface area (Å²) in [4.78, 5) is 39.6. The van der Waals surface area contributed by atoms with Crippen molar-refractivity contribution in [1.29, 1.82) is 0 Å². The zero-order valence-corrected chi connectivity index (χ0v) is 24.2. The molecule has 0 spiro atoms. The quantitative estimate of drug-likeness (QED) is 0.273. The highest BCUT2D eigenvalue weighted by Crippen LogP contribution is 2.31. The lowest BCUT2D eigenvalue weighted by molar-refractivity contribution is -0.232. The normalized spacial score (nSPS) is 29.5. The maximum absolute atomic E-state index is 13.7. The molecule has 0 unspecified atom stereocenters. The first kappa shape index (κ1) is 32.1. The monoisotopic (exact) mass is 570 g/mol. The van der Waals surface area contributed by atoms with Gasteiger partial charge in [-0.15, -0.1) is 0 Å². The van der Waals surface area contributed by atoms with Gasteiger partial charge >= 0.3 is 11.9 Å². The molecule has 2 amide bonds. The summed E-state index contributed by atoms with van der Waals surface area (Å²) >= 11 is 0. The van der Waals surface area contributed by atoms with Crippen molar-refractivity contribution in [2.45, 2.75) is 129 Å². The van der Waals surface area contributed by atoms with Crippen molar-refractivity contribution in [3.63, 3.8) is 0 Å². The number of nitrogens with zero attached hydrogens (tertiary/aromatic N) is 1. The van der Waals surface area contributed by atoms with Gasteiger partial charge in [-0.25, -0.2) is 9.59 Å². The van der Waals surface area contributed by atoms with Crippen molar-refractivity contribution < 1.29 is 43.2 Å². The Morgan fingerprint density at radius 3 is 2.38 bits per heavy atom. The number of nitrogens with one attached hydrogen (secondary N) is 1. The number of aliphatic hydroxyl groups excluding tert-OH is 3. The fourth-order valence-electron chi connectivity index (χ4n) is 5.67. The minimum atomic E-state index is -1.42. The molecule has 1 aromatic rings. The lowest BCUT2D eigenvalue weighted by atomic mass is 9.85. The summed E-state index contributed by atoms with van der Waals surface area (Å²) in [5, 5.41) is 34.7. The van der Waals surface area contributed by atoms with E-state index < -0.39 is 60.4 Å². The van der Waals surface area contributed by atoms with E-state index >= 15 is 0 Å². The third kappa shape index (κ3) is 7.65. The largest absolute Gasteiger partial charge is 0.519 e. The van der Waals surface area contributed by atoms with Crippen LogP contribution in [0.15, 0.2) is 13.6 Å². The van der Waals surface area contributed by atoms with Crippen molar-refractivity contribution in [3.8, 4) is 0 Å². The van der Waals surface area contributed by atoms with Gasteiger partial charge in [-0.05, 0) is 38.0 Å². The smallest absolute Gasteiger partial charge is 0.441 e. The summed E-state index contributed by atoms with van der Waals surface area (Å²) in [6.07, 6.45) is -0.821. The molecule has 3 heterocycles. The minimum Gasteiger partial charge on any atom is -0.441 e. The van der Waals surface area contributed by atoms with Gasteiger partial charge in [-0.1, -0.05) is 53.4 Å². The Kier molecular flexibility index (Phi) is 11.6. The summed E-state index contributed by atoms with van der Waals surface area (Å²) in [5.74, 6) is -1.08. The zero-order valence-electron chi connectivity index (χ0n) is 24.2. The first-order chi connectivity index (χ1) is 19.0. The molecule has 12 heteroatoms. The average molecular weight is 571 g/mol. The van der Waals surface area contributed by atoms with E-state index in [1.807, 2.05) is 20.8 Å². The van der Waals surface area contributed by atoms with Crippen molar-refractivity contribution in [3.05, 3.63) is 22.1 Å². The molecule has 2 aliphatic heterocycles. The molecule has 4 N–H and O–H groups in total. The first-order valence-corrected chi connectivity index (χ1v) is 14.5. The number of hydrogen-bond acceptors (Lipinski definition) is 10. The van der Waals surface area contributed by atoms with Crippen LogP contribution in [0.4, 0.5) is 4.79 Å². The van der Waals surface area contributed by atoms with E-state index in [4.69, 9.17) is 18.3 Å². The second-order valence-electron chi connectivity index (χ2n) is 11.4. The molecule has 2 fully saturated rings. The molecule has 1 aromatic heterocycles. The molecule has 12 nitrogen and oxygen atoms in total. The Morgan fingerprint density at radius 1 is 1.05 bits per heavy atom. The third-order valence-corrected chi connectivity index (χ3v) is 8.01. The number of carbonyl (C=O) groups is 2.